The van der Waals surface area contributed by atoms with Gasteiger partial charge in [0.25, 0.3) is 0 Å². The number of amides is 2. The summed E-state index contributed by atoms with van der Waals surface area (Å²) in [6.07, 6.45) is 0. The summed E-state index contributed by atoms with van der Waals surface area (Å²) in [7, 11) is 1.73. The maximum Gasteiger partial charge on any atom is 0.239 e. The Bertz CT molecular complexity index is 787. The Morgan fingerprint density at radius 2 is 1.54 bits per heavy atom. The van der Waals surface area contributed by atoms with Gasteiger partial charge in [0.05, 0.1) is 0 Å². The van der Waals surface area contributed by atoms with Gasteiger partial charge < -0.3 is 10.2 Å². The van der Waals surface area contributed by atoms with Gasteiger partial charge in [-0.15, -0.1) is 0 Å². The van der Waals surface area contributed by atoms with Crippen molar-refractivity contribution in [2.24, 2.45) is 5.41 Å². The zero-order valence-electron chi connectivity index (χ0n) is 16.5. The molecule has 0 radical (unpaired) electrons. The number of anilines is 1. The molecule has 0 atom stereocenters. The minimum absolute atomic E-state index is 0.207. The van der Waals surface area contributed by atoms with E-state index in [1.165, 1.54) is 0 Å². The fraction of sp³-hybridized carbons (Fsp3) is 0.364. The maximum absolute atomic E-state index is 12.9. The Hall–Kier alpha value is -2.62. The van der Waals surface area contributed by atoms with Crippen LogP contribution in [-0.2, 0) is 16.1 Å². The summed E-state index contributed by atoms with van der Waals surface area (Å²) in [6.45, 7) is 9.77. The van der Waals surface area contributed by atoms with Crippen molar-refractivity contribution < 1.29 is 9.59 Å². The fourth-order valence-electron chi connectivity index (χ4n) is 3.15. The number of hydrogen-bond donors (Lipinski definition) is 1. The molecular formula is C22H28N2O2. The van der Waals surface area contributed by atoms with E-state index in [-0.39, 0.29) is 11.8 Å². The molecule has 0 aromatic heterocycles. The Morgan fingerprint density at radius 1 is 1.00 bits per heavy atom. The molecule has 0 aliphatic carbocycles. The summed E-state index contributed by atoms with van der Waals surface area (Å²) in [5.41, 5.74) is 3.80. The molecule has 2 aromatic carbocycles. The van der Waals surface area contributed by atoms with Crippen LogP contribution in [0.15, 0.2) is 42.5 Å². The fourth-order valence-corrected chi connectivity index (χ4v) is 3.15. The van der Waals surface area contributed by atoms with Crippen molar-refractivity contribution in [1.29, 1.82) is 0 Å². The number of carbonyl (C=O) groups is 2. The number of rotatable bonds is 5. The van der Waals surface area contributed by atoms with Crippen molar-refractivity contribution >= 4 is 17.5 Å². The second-order valence-corrected chi connectivity index (χ2v) is 7.50. The second kappa shape index (κ2) is 7.73. The molecule has 138 valence electrons. The van der Waals surface area contributed by atoms with Crippen LogP contribution in [0.1, 0.15) is 36.1 Å². The van der Waals surface area contributed by atoms with Crippen molar-refractivity contribution in [1.82, 2.24) is 4.90 Å². The predicted octanol–water partition coefficient (Wildman–Crippen LogP) is 4.24. The largest absolute Gasteiger partial charge is 0.341 e. The third-order valence-electron chi connectivity index (χ3n) is 4.63. The lowest BCUT2D eigenvalue weighted by atomic mass is 9.89. The highest BCUT2D eigenvalue weighted by Gasteiger charge is 2.38. The summed E-state index contributed by atoms with van der Waals surface area (Å²) in [5.74, 6) is -0.501. The molecule has 0 aliphatic heterocycles. The van der Waals surface area contributed by atoms with E-state index in [2.05, 4.69) is 5.32 Å². The molecular weight excluding hydrogens is 324 g/mol. The Kier molecular flexibility index (Phi) is 5.86. The number of benzene rings is 2. The molecule has 0 heterocycles. The second-order valence-electron chi connectivity index (χ2n) is 7.50. The molecule has 26 heavy (non-hydrogen) atoms. The highest BCUT2D eigenvalue weighted by molar-refractivity contribution is 6.10. The van der Waals surface area contributed by atoms with Gasteiger partial charge in [0.15, 0.2) is 0 Å². The smallest absolute Gasteiger partial charge is 0.239 e. The van der Waals surface area contributed by atoms with Crippen molar-refractivity contribution in [3.8, 4) is 0 Å². The van der Waals surface area contributed by atoms with Gasteiger partial charge in [0.1, 0.15) is 5.41 Å². The van der Waals surface area contributed by atoms with Crippen LogP contribution in [-0.4, -0.2) is 23.8 Å². The minimum Gasteiger partial charge on any atom is -0.341 e. The van der Waals surface area contributed by atoms with E-state index < -0.39 is 5.41 Å². The number of carbonyl (C=O) groups excluding carboxylic acids is 2. The van der Waals surface area contributed by atoms with Crippen LogP contribution >= 0.6 is 0 Å². The van der Waals surface area contributed by atoms with Gasteiger partial charge in [0.2, 0.25) is 11.8 Å². The first-order valence-corrected chi connectivity index (χ1v) is 8.81. The molecule has 0 aliphatic rings. The van der Waals surface area contributed by atoms with E-state index in [4.69, 9.17) is 0 Å². The zero-order chi connectivity index (χ0) is 19.5. The average molecular weight is 352 g/mol. The molecule has 2 aromatic rings. The molecule has 0 bridgehead atoms. The standard InChI is InChI=1S/C22H28N2O2/c1-15-12-16(2)19(17(3)13-15)23-20(25)22(4,5)21(26)24(6)14-18-10-8-7-9-11-18/h7-13H,14H2,1-6H3,(H,23,25). The van der Waals surface area contributed by atoms with Crippen LogP contribution in [0.3, 0.4) is 0 Å². The third kappa shape index (κ3) is 4.31. The van der Waals surface area contributed by atoms with Gasteiger partial charge in [-0.3, -0.25) is 9.59 Å². The summed E-state index contributed by atoms with van der Waals surface area (Å²) in [5, 5.41) is 2.96. The van der Waals surface area contributed by atoms with Gasteiger partial charge in [-0.1, -0.05) is 48.0 Å². The van der Waals surface area contributed by atoms with Crippen molar-refractivity contribution in [3.05, 3.63) is 64.7 Å². The molecule has 4 heteroatoms. The van der Waals surface area contributed by atoms with E-state index in [0.717, 1.165) is 27.9 Å². The maximum atomic E-state index is 12.9. The quantitative estimate of drug-likeness (QED) is 0.819. The van der Waals surface area contributed by atoms with Gasteiger partial charge in [-0.25, -0.2) is 0 Å². The van der Waals surface area contributed by atoms with Crippen LogP contribution in [0.4, 0.5) is 5.69 Å². The topological polar surface area (TPSA) is 49.4 Å². The Morgan fingerprint density at radius 3 is 2.08 bits per heavy atom. The lowest BCUT2D eigenvalue weighted by Gasteiger charge is -2.29. The van der Waals surface area contributed by atoms with E-state index in [1.54, 1.807) is 25.8 Å². The number of hydrogen-bond acceptors (Lipinski definition) is 2. The number of nitrogens with zero attached hydrogens (tertiary/aromatic N) is 1. The van der Waals surface area contributed by atoms with Gasteiger partial charge in [-0.05, 0) is 51.3 Å². The molecule has 0 unspecified atom stereocenters. The minimum atomic E-state index is -1.16. The van der Waals surface area contributed by atoms with E-state index >= 15 is 0 Å². The van der Waals surface area contributed by atoms with E-state index in [9.17, 15) is 9.59 Å². The normalized spacial score (nSPS) is 11.2. The first-order chi connectivity index (χ1) is 12.1. The summed E-state index contributed by atoms with van der Waals surface area (Å²) in [4.78, 5) is 27.4. The Balaban J connectivity index is 2.15. The van der Waals surface area contributed by atoms with Crippen LogP contribution in [0, 0.1) is 26.2 Å². The number of nitrogens with one attached hydrogen (secondary N) is 1. The van der Waals surface area contributed by atoms with E-state index in [1.807, 2.05) is 63.2 Å². The predicted molar refractivity (Wildman–Crippen MR) is 106 cm³/mol. The summed E-state index contributed by atoms with van der Waals surface area (Å²) >= 11 is 0. The molecule has 2 amide bonds. The van der Waals surface area contributed by atoms with Gasteiger partial charge >= 0.3 is 0 Å². The number of aryl methyl sites for hydroxylation is 3. The molecule has 4 nitrogen and oxygen atoms in total. The van der Waals surface area contributed by atoms with Crippen molar-refractivity contribution in [3.63, 3.8) is 0 Å². The van der Waals surface area contributed by atoms with Crippen LogP contribution in [0.25, 0.3) is 0 Å². The van der Waals surface area contributed by atoms with Crippen molar-refractivity contribution in [2.45, 2.75) is 41.2 Å². The average Bonchev–Trinajstić information content (AvgIpc) is 2.57. The third-order valence-corrected chi connectivity index (χ3v) is 4.63. The van der Waals surface area contributed by atoms with Crippen molar-refractivity contribution in [2.75, 3.05) is 12.4 Å². The highest BCUT2D eigenvalue weighted by atomic mass is 16.2. The first kappa shape index (κ1) is 19.7. The van der Waals surface area contributed by atoms with Crippen LogP contribution in [0.5, 0.6) is 0 Å². The first-order valence-electron chi connectivity index (χ1n) is 8.81. The molecule has 0 spiro atoms. The molecule has 0 fully saturated rings. The summed E-state index contributed by atoms with van der Waals surface area (Å²) < 4.78 is 0. The molecule has 0 saturated heterocycles. The van der Waals surface area contributed by atoms with Crippen LogP contribution < -0.4 is 5.32 Å². The summed E-state index contributed by atoms with van der Waals surface area (Å²) in [6, 6.07) is 13.8. The van der Waals surface area contributed by atoms with Gasteiger partial charge in [0, 0.05) is 19.3 Å². The molecule has 1 N–H and O–H groups in total. The van der Waals surface area contributed by atoms with Gasteiger partial charge in [-0.2, -0.15) is 0 Å². The lowest BCUT2D eigenvalue weighted by molar-refractivity contribution is -0.145. The molecule has 0 saturated carbocycles. The lowest BCUT2D eigenvalue weighted by Crippen LogP contribution is -2.45. The highest BCUT2D eigenvalue weighted by Crippen LogP contribution is 2.26. The van der Waals surface area contributed by atoms with E-state index in [0.29, 0.717) is 6.54 Å². The Labute approximate surface area is 156 Å². The van der Waals surface area contributed by atoms with Crippen LogP contribution in [0.2, 0.25) is 0 Å². The SMILES string of the molecule is Cc1cc(C)c(NC(=O)C(C)(C)C(=O)N(C)Cc2ccccc2)c(C)c1. The molecule has 2 rings (SSSR count). The monoisotopic (exact) mass is 352 g/mol. The zero-order valence-corrected chi connectivity index (χ0v) is 16.5.